The monoisotopic (exact) mass is 765 g/mol. The molecule has 0 saturated carbocycles. The van der Waals surface area contributed by atoms with Crippen LogP contribution in [-0.4, -0.2) is 37.2 Å². The maximum absolute atomic E-state index is 12.6. The van der Waals surface area contributed by atoms with Crippen molar-refractivity contribution in [2.45, 2.75) is 194 Å². The molecule has 0 saturated heterocycles. The summed E-state index contributed by atoms with van der Waals surface area (Å²) in [5, 5.41) is 0. The number of ether oxygens (including phenoxy) is 3. The van der Waals surface area contributed by atoms with Crippen molar-refractivity contribution in [1.82, 2.24) is 0 Å². The van der Waals surface area contributed by atoms with E-state index in [4.69, 9.17) is 14.2 Å². The normalized spacial score (nSPS) is 12.9. The largest absolute Gasteiger partial charge is 0.462 e. The van der Waals surface area contributed by atoms with E-state index in [1.165, 1.54) is 51.4 Å². The van der Waals surface area contributed by atoms with E-state index in [0.29, 0.717) is 12.8 Å². The zero-order chi connectivity index (χ0) is 40.1. The molecule has 0 fully saturated rings. The second-order valence-electron chi connectivity index (χ2n) is 14.2. The summed E-state index contributed by atoms with van der Waals surface area (Å²) in [6.45, 7) is 6.29. The molecule has 0 bridgehead atoms. The average molecular weight is 765 g/mol. The van der Waals surface area contributed by atoms with Crippen LogP contribution >= 0.6 is 0 Å². The smallest absolute Gasteiger partial charge is 0.310 e. The van der Waals surface area contributed by atoms with Crippen LogP contribution in [0.15, 0.2) is 85.1 Å². The van der Waals surface area contributed by atoms with E-state index in [1.54, 1.807) is 6.08 Å². The van der Waals surface area contributed by atoms with Gasteiger partial charge in [0.15, 0.2) is 6.10 Å². The van der Waals surface area contributed by atoms with Crippen LogP contribution in [0.4, 0.5) is 0 Å². The minimum atomic E-state index is -0.829. The van der Waals surface area contributed by atoms with Crippen molar-refractivity contribution in [3.05, 3.63) is 85.1 Å². The van der Waals surface area contributed by atoms with Gasteiger partial charge in [-0.25, -0.2) is 0 Å². The highest BCUT2D eigenvalue weighted by Gasteiger charge is 2.19. The molecule has 0 aromatic carbocycles. The van der Waals surface area contributed by atoms with Crippen LogP contribution < -0.4 is 0 Å². The molecule has 0 N–H and O–H groups in total. The van der Waals surface area contributed by atoms with Crippen molar-refractivity contribution in [3.63, 3.8) is 0 Å². The van der Waals surface area contributed by atoms with Crippen molar-refractivity contribution in [3.8, 4) is 0 Å². The van der Waals surface area contributed by atoms with Gasteiger partial charge in [-0.3, -0.25) is 14.4 Å². The third-order valence-electron chi connectivity index (χ3n) is 8.92. The van der Waals surface area contributed by atoms with Crippen molar-refractivity contribution < 1.29 is 28.6 Å². The molecule has 0 radical (unpaired) electrons. The zero-order valence-electron chi connectivity index (χ0n) is 35.4. The first-order valence-corrected chi connectivity index (χ1v) is 22.1. The van der Waals surface area contributed by atoms with Crippen molar-refractivity contribution >= 4 is 17.9 Å². The molecular weight excluding hydrogens is 685 g/mol. The summed E-state index contributed by atoms with van der Waals surface area (Å²) in [5.74, 6) is -1.08. The van der Waals surface area contributed by atoms with E-state index in [1.807, 2.05) is 6.08 Å². The van der Waals surface area contributed by atoms with E-state index < -0.39 is 12.1 Å². The highest BCUT2D eigenvalue weighted by atomic mass is 16.6. The molecule has 0 spiro atoms. The maximum Gasteiger partial charge on any atom is 0.310 e. The standard InChI is InChI=1S/C49H80O6/c1-4-7-10-13-15-17-19-21-23-24-26-27-29-31-33-36-39-42-48(51)54-45-46(44-53-47(50)41-38-35-12-9-6-3)55-49(52)43-40-37-34-32-30-28-25-22-20-18-16-14-11-8-5-2/h8,11,15-18,21-23,25,30,32,37,40,46H,4-7,9-10,12-14,19-20,24,26-29,31,33-36,38-39,41-45H2,1-3H3/b11-8-,17-15-,18-16-,23-21-,25-22-,32-30-,40-37-. The Labute approximate surface area is 337 Å². The van der Waals surface area contributed by atoms with Gasteiger partial charge < -0.3 is 14.2 Å². The number of carbonyl (C=O) groups is 3. The molecule has 1 atom stereocenters. The molecule has 0 aromatic heterocycles. The van der Waals surface area contributed by atoms with E-state index in [2.05, 4.69) is 93.7 Å². The Morgan fingerprint density at radius 3 is 1.24 bits per heavy atom. The fraction of sp³-hybridized carbons (Fsp3) is 0.653. The van der Waals surface area contributed by atoms with Crippen LogP contribution in [0.25, 0.3) is 0 Å². The molecule has 0 heterocycles. The lowest BCUT2D eigenvalue weighted by molar-refractivity contribution is -0.166. The summed E-state index contributed by atoms with van der Waals surface area (Å²) in [7, 11) is 0. The Morgan fingerprint density at radius 1 is 0.400 bits per heavy atom. The van der Waals surface area contributed by atoms with E-state index >= 15 is 0 Å². The maximum atomic E-state index is 12.6. The minimum absolute atomic E-state index is 0.0941. The molecule has 55 heavy (non-hydrogen) atoms. The van der Waals surface area contributed by atoms with Crippen LogP contribution in [0.3, 0.4) is 0 Å². The lowest BCUT2D eigenvalue weighted by Crippen LogP contribution is -2.30. The Morgan fingerprint density at radius 2 is 0.764 bits per heavy atom. The zero-order valence-corrected chi connectivity index (χ0v) is 35.4. The summed E-state index contributed by atoms with van der Waals surface area (Å²) >= 11 is 0. The number of allylic oxidation sites excluding steroid dienone is 13. The fourth-order valence-corrected chi connectivity index (χ4v) is 5.60. The summed E-state index contributed by atoms with van der Waals surface area (Å²) in [6.07, 6.45) is 54.8. The third-order valence-corrected chi connectivity index (χ3v) is 8.92. The van der Waals surface area contributed by atoms with E-state index in [-0.39, 0.29) is 31.6 Å². The van der Waals surface area contributed by atoms with Gasteiger partial charge in [-0.05, 0) is 77.0 Å². The topological polar surface area (TPSA) is 78.9 Å². The summed E-state index contributed by atoms with van der Waals surface area (Å²) in [6, 6.07) is 0. The SMILES string of the molecule is CC/C=C\C/C=C\C/C=C\C/C=C\C/C=C\CC(=O)OC(COC(=O)CCCCCCC)COC(=O)CCCCCCCCC/C=C\C/C=C\CCCCC. The van der Waals surface area contributed by atoms with Gasteiger partial charge in [0.05, 0.1) is 6.42 Å². The van der Waals surface area contributed by atoms with Crippen LogP contribution in [-0.2, 0) is 28.6 Å². The minimum Gasteiger partial charge on any atom is -0.462 e. The predicted octanol–water partition coefficient (Wildman–Crippen LogP) is 14.1. The van der Waals surface area contributed by atoms with Gasteiger partial charge in [-0.2, -0.15) is 0 Å². The number of rotatable bonds is 38. The van der Waals surface area contributed by atoms with Crippen LogP contribution in [0, 0.1) is 0 Å². The number of esters is 3. The molecule has 6 nitrogen and oxygen atoms in total. The van der Waals surface area contributed by atoms with Crippen molar-refractivity contribution in [1.29, 1.82) is 0 Å². The Bertz CT molecular complexity index is 1110. The Hall–Kier alpha value is -3.41. The highest BCUT2D eigenvalue weighted by Crippen LogP contribution is 2.12. The third kappa shape index (κ3) is 41.6. The van der Waals surface area contributed by atoms with E-state index in [0.717, 1.165) is 96.3 Å². The summed E-state index contributed by atoms with van der Waals surface area (Å²) in [4.78, 5) is 37.4. The molecular formula is C49H80O6. The second-order valence-corrected chi connectivity index (χ2v) is 14.2. The number of carbonyl (C=O) groups excluding carboxylic acids is 3. The Balaban J connectivity index is 4.38. The average Bonchev–Trinajstić information content (AvgIpc) is 3.18. The van der Waals surface area contributed by atoms with Gasteiger partial charge in [0.2, 0.25) is 0 Å². The van der Waals surface area contributed by atoms with Gasteiger partial charge in [0.1, 0.15) is 13.2 Å². The Kier molecular flexibility index (Phi) is 40.6. The molecule has 0 aromatic rings. The van der Waals surface area contributed by atoms with Gasteiger partial charge in [-0.1, -0.05) is 176 Å². The first kappa shape index (κ1) is 51.6. The predicted molar refractivity (Wildman–Crippen MR) is 233 cm³/mol. The van der Waals surface area contributed by atoms with Gasteiger partial charge >= 0.3 is 17.9 Å². The first-order valence-electron chi connectivity index (χ1n) is 22.1. The second kappa shape index (κ2) is 43.3. The summed E-state index contributed by atoms with van der Waals surface area (Å²) < 4.78 is 16.5. The molecule has 0 aliphatic heterocycles. The van der Waals surface area contributed by atoms with Gasteiger partial charge in [-0.15, -0.1) is 0 Å². The lowest BCUT2D eigenvalue weighted by Gasteiger charge is -2.18. The van der Waals surface area contributed by atoms with Gasteiger partial charge in [0.25, 0.3) is 0 Å². The van der Waals surface area contributed by atoms with Gasteiger partial charge in [0, 0.05) is 12.8 Å². The molecule has 0 aliphatic carbocycles. The highest BCUT2D eigenvalue weighted by molar-refractivity contribution is 5.72. The number of unbranched alkanes of at least 4 members (excludes halogenated alkanes) is 14. The van der Waals surface area contributed by atoms with Crippen LogP contribution in [0.2, 0.25) is 0 Å². The van der Waals surface area contributed by atoms with Crippen molar-refractivity contribution in [2.75, 3.05) is 13.2 Å². The summed E-state index contributed by atoms with van der Waals surface area (Å²) in [5.41, 5.74) is 0. The molecule has 0 rings (SSSR count). The molecule has 0 aliphatic rings. The van der Waals surface area contributed by atoms with Crippen molar-refractivity contribution in [2.24, 2.45) is 0 Å². The lowest BCUT2D eigenvalue weighted by atomic mass is 10.1. The molecule has 0 amide bonds. The number of hydrogen-bond acceptors (Lipinski definition) is 6. The molecule has 6 heteroatoms. The van der Waals surface area contributed by atoms with Crippen LogP contribution in [0.1, 0.15) is 188 Å². The van der Waals surface area contributed by atoms with Crippen LogP contribution in [0.5, 0.6) is 0 Å². The first-order chi connectivity index (χ1) is 27.0. The number of hydrogen-bond donors (Lipinski definition) is 0. The van der Waals surface area contributed by atoms with E-state index in [9.17, 15) is 14.4 Å². The fourth-order valence-electron chi connectivity index (χ4n) is 5.60. The molecule has 1 unspecified atom stereocenters. The molecule has 312 valence electrons. The quantitative estimate of drug-likeness (QED) is 0.0270.